The third-order valence-electron chi connectivity index (χ3n) is 2.88. The Kier molecular flexibility index (Phi) is 3.42. The molecule has 0 aliphatic carbocycles. The Labute approximate surface area is 125 Å². The third kappa shape index (κ3) is 2.53. The number of hydrogen-bond donors (Lipinski definition) is 0. The lowest BCUT2D eigenvalue weighted by molar-refractivity contribution is -0.129. The molecule has 20 heavy (non-hydrogen) atoms. The molecule has 3 rings (SSSR count). The Morgan fingerprint density at radius 3 is 2.65 bits per heavy atom. The second kappa shape index (κ2) is 5.23. The predicted octanol–water partition coefficient (Wildman–Crippen LogP) is 4.05. The van der Waals surface area contributed by atoms with Crippen molar-refractivity contribution in [3.63, 3.8) is 0 Å². The van der Waals surface area contributed by atoms with Gasteiger partial charge in [0.15, 0.2) is 5.70 Å². The van der Waals surface area contributed by atoms with Crippen LogP contribution in [0.2, 0.25) is 5.02 Å². The number of carbonyl (C=O) groups is 1. The highest BCUT2D eigenvalue weighted by atomic mass is 35.5. The molecule has 5 heteroatoms. The average Bonchev–Trinajstić information content (AvgIpc) is 2.99. The van der Waals surface area contributed by atoms with E-state index in [0.717, 1.165) is 16.0 Å². The van der Waals surface area contributed by atoms with Crippen molar-refractivity contribution in [2.24, 2.45) is 4.99 Å². The van der Waals surface area contributed by atoms with E-state index in [-0.39, 0.29) is 0 Å². The van der Waals surface area contributed by atoms with Crippen LogP contribution in [0.15, 0.2) is 46.4 Å². The number of aliphatic imine (C=N–C) groups is 1. The topological polar surface area (TPSA) is 38.7 Å². The van der Waals surface area contributed by atoms with Gasteiger partial charge in [-0.05, 0) is 54.3 Å². The van der Waals surface area contributed by atoms with Crippen LogP contribution in [0.4, 0.5) is 0 Å². The number of esters is 1. The maximum Gasteiger partial charge on any atom is 0.363 e. The van der Waals surface area contributed by atoms with Crippen LogP contribution >= 0.6 is 22.9 Å². The molecule has 2 aromatic rings. The van der Waals surface area contributed by atoms with Crippen molar-refractivity contribution in [2.45, 2.75) is 6.92 Å². The van der Waals surface area contributed by atoms with Gasteiger partial charge in [0.25, 0.3) is 0 Å². The lowest BCUT2D eigenvalue weighted by Crippen LogP contribution is -2.05. The number of ether oxygens (including phenoxy) is 1. The van der Waals surface area contributed by atoms with E-state index >= 15 is 0 Å². The van der Waals surface area contributed by atoms with Gasteiger partial charge in [0.1, 0.15) is 0 Å². The van der Waals surface area contributed by atoms with Gasteiger partial charge in [-0.3, -0.25) is 0 Å². The molecule has 0 unspecified atom stereocenters. The van der Waals surface area contributed by atoms with Crippen molar-refractivity contribution in [3.05, 3.63) is 62.4 Å². The van der Waals surface area contributed by atoms with Crippen LogP contribution < -0.4 is 0 Å². The van der Waals surface area contributed by atoms with Gasteiger partial charge in [-0.25, -0.2) is 9.79 Å². The smallest absolute Gasteiger partial charge is 0.363 e. The van der Waals surface area contributed by atoms with Crippen molar-refractivity contribution in [1.29, 1.82) is 0 Å². The molecular formula is C15H10ClNO2S. The normalized spacial score (nSPS) is 16.4. The first-order valence-electron chi connectivity index (χ1n) is 5.96. The summed E-state index contributed by atoms with van der Waals surface area (Å²) in [5.74, 6) is -0.116. The molecule has 1 aromatic carbocycles. The Hall–Kier alpha value is -1.91. The van der Waals surface area contributed by atoms with Crippen LogP contribution in [-0.4, -0.2) is 11.9 Å². The highest BCUT2D eigenvalue weighted by molar-refractivity contribution is 7.11. The van der Waals surface area contributed by atoms with Gasteiger partial charge in [-0.1, -0.05) is 11.6 Å². The van der Waals surface area contributed by atoms with E-state index in [1.165, 1.54) is 0 Å². The molecule has 0 saturated heterocycles. The zero-order chi connectivity index (χ0) is 14.1. The van der Waals surface area contributed by atoms with Crippen molar-refractivity contribution < 1.29 is 9.53 Å². The third-order valence-corrected chi connectivity index (χ3v) is 4.10. The monoisotopic (exact) mass is 303 g/mol. The molecule has 0 spiro atoms. The summed E-state index contributed by atoms with van der Waals surface area (Å²) in [5, 5.41) is 2.61. The van der Waals surface area contributed by atoms with Crippen molar-refractivity contribution in [1.82, 2.24) is 0 Å². The van der Waals surface area contributed by atoms with Gasteiger partial charge >= 0.3 is 5.97 Å². The summed E-state index contributed by atoms with van der Waals surface area (Å²) < 4.78 is 5.19. The molecule has 2 heterocycles. The largest absolute Gasteiger partial charge is 0.402 e. The fourth-order valence-corrected chi connectivity index (χ4v) is 2.76. The lowest BCUT2D eigenvalue weighted by atomic mass is 10.2. The SMILES string of the molecule is Cc1ccsc1/C=C1/N=C(c2ccc(Cl)cc2)OC1=O. The lowest BCUT2D eigenvalue weighted by Gasteiger charge is -1.98. The summed E-state index contributed by atoms with van der Waals surface area (Å²) in [4.78, 5) is 17.1. The van der Waals surface area contributed by atoms with Gasteiger partial charge in [-0.2, -0.15) is 0 Å². The molecule has 0 saturated carbocycles. The second-order valence-electron chi connectivity index (χ2n) is 4.31. The molecule has 0 atom stereocenters. The average molecular weight is 304 g/mol. The van der Waals surface area contributed by atoms with Crippen molar-refractivity contribution in [3.8, 4) is 0 Å². The number of nitrogens with zero attached hydrogens (tertiary/aromatic N) is 1. The first-order chi connectivity index (χ1) is 9.63. The molecule has 1 aliphatic heterocycles. The van der Waals surface area contributed by atoms with Gasteiger partial charge in [0.2, 0.25) is 5.90 Å². The summed E-state index contributed by atoms with van der Waals surface area (Å²) in [5.41, 5.74) is 2.17. The Morgan fingerprint density at radius 2 is 2.00 bits per heavy atom. The summed E-state index contributed by atoms with van der Waals surface area (Å²) >= 11 is 7.40. The molecule has 0 N–H and O–H groups in total. The van der Waals surface area contributed by atoms with E-state index in [2.05, 4.69) is 4.99 Å². The summed E-state index contributed by atoms with van der Waals surface area (Å²) in [6, 6.07) is 9.01. The number of carbonyl (C=O) groups excluding carboxylic acids is 1. The molecule has 1 aromatic heterocycles. The van der Waals surface area contributed by atoms with Gasteiger partial charge in [0, 0.05) is 15.5 Å². The summed E-state index contributed by atoms with van der Waals surface area (Å²) in [6.45, 7) is 1.99. The minimum Gasteiger partial charge on any atom is -0.402 e. The van der Waals surface area contributed by atoms with E-state index < -0.39 is 5.97 Å². The number of cyclic esters (lactones) is 1. The standard InChI is InChI=1S/C15H10ClNO2S/c1-9-6-7-20-13(9)8-12-15(18)19-14(17-12)10-2-4-11(16)5-3-10/h2-8H,1H3/b12-8+. The summed E-state index contributed by atoms with van der Waals surface area (Å²) in [6.07, 6.45) is 1.76. The number of hydrogen-bond acceptors (Lipinski definition) is 4. The number of aryl methyl sites for hydroxylation is 1. The second-order valence-corrected chi connectivity index (χ2v) is 5.69. The molecule has 3 nitrogen and oxygen atoms in total. The van der Waals surface area contributed by atoms with Crippen LogP contribution in [-0.2, 0) is 9.53 Å². The molecule has 1 aliphatic rings. The van der Waals surface area contributed by atoms with Crippen LogP contribution in [0, 0.1) is 6.92 Å². The zero-order valence-electron chi connectivity index (χ0n) is 10.6. The highest BCUT2D eigenvalue weighted by Crippen LogP contribution is 2.24. The molecule has 0 amide bonds. The van der Waals surface area contributed by atoms with E-state index in [0.29, 0.717) is 16.6 Å². The Balaban J connectivity index is 1.95. The van der Waals surface area contributed by atoms with Crippen LogP contribution in [0.1, 0.15) is 16.0 Å². The molecular weight excluding hydrogens is 294 g/mol. The van der Waals surface area contributed by atoms with E-state index in [9.17, 15) is 4.79 Å². The van der Waals surface area contributed by atoms with Crippen LogP contribution in [0.25, 0.3) is 6.08 Å². The van der Waals surface area contributed by atoms with Gasteiger partial charge in [-0.15, -0.1) is 11.3 Å². The minimum atomic E-state index is -0.428. The minimum absolute atomic E-state index is 0.312. The number of benzene rings is 1. The number of halogens is 1. The van der Waals surface area contributed by atoms with Gasteiger partial charge in [0.05, 0.1) is 0 Å². The maximum atomic E-state index is 11.8. The van der Waals surface area contributed by atoms with Gasteiger partial charge < -0.3 is 4.74 Å². The van der Waals surface area contributed by atoms with Crippen molar-refractivity contribution >= 4 is 40.9 Å². The predicted molar refractivity (Wildman–Crippen MR) is 81.1 cm³/mol. The molecule has 0 radical (unpaired) electrons. The maximum absolute atomic E-state index is 11.8. The number of rotatable bonds is 2. The van der Waals surface area contributed by atoms with E-state index in [1.807, 2.05) is 18.4 Å². The Morgan fingerprint density at radius 1 is 1.25 bits per heavy atom. The Bertz CT molecular complexity index is 729. The van der Waals surface area contributed by atoms with E-state index in [4.69, 9.17) is 16.3 Å². The zero-order valence-corrected chi connectivity index (χ0v) is 12.2. The first-order valence-corrected chi connectivity index (χ1v) is 7.22. The molecule has 0 fully saturated rings. The molecule has 100 valence electrons. The first kappa shape index (κ1) is 13.1. The number of thiophene rings is 1. The van der Waals surface area contributed by atoms with E-state index in [1.54, 1.807) is 41.7 Å². The fourth-order valence-electron chi connectivity index (χ4n) is 1.78. The highest BCUT2D eigenvalue weighted by Gasteiger charge is 2.24. The van der Waals surface area contributed by atoms with Crippen LogP contribution in [0.5, 0.6) is 0 Å². The quantitative estimate of drug-likeness (QED) is 0.620. The fraction of sp³-hybridized carbons (Fsp3) is 0.0667. The summed E-state index contributed by atoms with van der Waals surface area (Å²) in [7, 11) is 0. The van der Waals surface area contributed by atoms with Crippen LogP contribution in [0.3, 0.4) is 0 Å². The van der Waals surface area contributed by atoms with Crippen molar-refractivity contribution in [2.75, 3.05) is 0 Å². The molecule has 0 bridgehead atoms.